The van der Waals surface area contributed by atoms with Gasteiger partial charge in [0.1, 0.15) is 0 Å². The lowest BCUT2D eigenvalue weighted by molar-refractivity contribution is -0.120. The number of hydrogen-bond donors (Lipinski definition) is 2. The van der Waals surface area contributed by atoms with Crippen molar-refractivity contribution in [2.45, 2.75) is 38.6 Å². The molecule has 1 aromatic carbocycles. The van der Waals surface area contributed by atoms with Gasteiger partial charge >= 0.3 is 0 Å². The molecule has 0 radical (unpaired) electrons. The summed E-state index contributed by atoms with van der Waals surface area (Å²) in [5, 5.41) is 5.71. The summed E-state index contributed by atoms with van der Waals surface area (Å²) in [5.41, 5.74) is 0.211. The Kier molecular flexibility index (Phi) is 5.57. The average Bonchev–Trinajstić information content (AvgIpc) is 2.47. The Balaban J connectivity index is 1.88. The van der Waals surface area contributed by atoms with E-state index in [1.165, 1.54) is 13.5 Å². The maximum Gasteiger partial charge on any atom is 0.239 e. The highest BCUT2D eigenvalue weighted by Gasteiger charge is 2.22. The molecule has 2 rings (SSSR count). The molecule has 2 atom stereocenters. The Morgan fingerprint density at radius 3 is 2.50 bits per heavy atom. The highest BCUT2D eigenvalue weighted by molar-refractivity contribution is 5.81. The minimum absolute atomic E-state index is 0.0194. The number of anilines is 1. The number of benzene rings is 1. The van der Waals surface area contributed by atoms with E-state index in [0.29, 0.717) is 5.92 Å². The molecule has 0 aliphatic heterocycles. The summed E-state index contributed by atoms with van der Waals surface area (Å²) in [7, 11) is 1.20. The number of hydrogen-bond acceptors (Lipinski definition) is 3. The summed E-state index contributed by atoms with van der Waals surface area (Å²) in [6, 6.07) is 2.41. The molecule has 4 nitrogen and oxygen atoms in total. The van der Waals surface area contributed by atoms with Crippen LogP contribution in [0.1, 0.15) is 32.6 Å². The molecule has 0 aromatic heterocycles. The van der Waals surface area contributed by atoms with E-state index in [2.05, 4.69) is 22.3 Å². The van der Waals surface area contributed by atoms with Crippen molar-refractivity contribution in [3.05, 3.63) is 23.8 Å². The fourth-order valence-corrected chi connectivity index (χ4v) is 2.83. The van der Waals surface area contributed by atoms with Gasteiger partial charge in [0.05, 0.1) is 13.7 Å². The SMILES string of the molecule is COc1c(F)cc(NCC(=O)N[C@@H]2CCCC[C@@H]2C)cc1F. The van der Waals surface area contributed by atoms with Crippen molar-refractivity contribution in [3.8, 4) is 5.75 Å². The number of amides is 1. The summed E-state index contributed by atoms with van der Waals surface area (Å²) in [6.45, 7) is 2.11. The normalized spacial score (nSPS) is 21.3. The minimum atomic E-state index is -0.800. The standard InChI is InChI=1S/C16H22F2N2O2/c1-10-5-3-4-6-14(10)20-15(21)9-19-11-7-12(17)16(22-2)13(18)8-11/h7-8,10,14,19H,3-6,9H2,1-2H3,(H,20,21)/t10-,14+/m0/s1. The smallest absolute Gasteiger partial charge is 0.239 e. The molecule has 1 saturated carbocycles. The molecule has 22 heavy (non-hydrogen) atoms. The van der Waals surface area contributed by atoms with Crippen molar-refractivity contribution in [2.75, 3.05) is 19.0 Å². The summed E-state index contributed by atoms with van der Waals surface area (Å²) in [5.74, 6) is -1.73. The monoisotopic (exact) mass is 312 g/mol. The summed E-state index contributed by atoms with van der Waals surface area (Å²) < 4.78 is 31.7. The molecule has 0 bridgehead atoms. The average molecular weight is 312 g/mol. The third-order valence-electron chi connectivity index (χ3n) is 4.11. The molecule has 0 saturated heterocycles. The first-order valence-corrected chi connectivity index (χ1v) is 7.57. The number of methoxy groups -OCH3 is 1. The van der Waals surface area contributed by atoms with Crippen LogP contribution in [0.25, 0.3) is 0 Å². The van der Waals surface area contributed by atoms with Crippen LogP contribution in [0.15, 0.2) is 12.1 Å². The van der Waals surface area contributed by atoms with Gasteiger partial charge in [-0.05, 0) is 18.8 Å². The zero-order chi connectivity index (χ0) is 16.1. The van der Waals surface area contributed by atoms with Gasteiger partial charge in [0.25, 0.3) is 0 Å². The largest absolute Gasteiger partial charge is 0.491 e. The van der Waals surface area contributed by atoms with E-state index in [1.807, 2.05) is 0 Å². The van der Waals surface area contributed by atoms with Gasteiger partial charge in [-0.3, -0.25) is 4.79 Å². The van der Waals surface area contributed by atoms with Crippen LogP contribution >= 0.6 is 0 Å². The van der Waals surface area contributed by atoms with Crippen LogP contribution in [0.4, 0.5) is 14.5 Å². The van der Waals surface area contributed by atoms with Crippen LogP contribution < -0.4 is 15.4 Å². The van der Waals surface area contributed by atoms with Gasteiger partial charge in [-0.25, -0.2) is 8.78 Å². The molecule has 2 N–H and O–H groups in total. The van der Waals surface area contributed by atoms with E-state index in [9.17, 15) is 13.6 Å². The number of nitrogens with one attached hydrogen (secondary N) is 2. The van der Waals surface area contributed by atoms with Crippen LogP contribution in [0, 0.1) is 17.6 Å². The zero-order valence-electron chi connectivity index (χ0n) is 12.9. The Hall–Kier alpha value is -1.85. The fourth-order valence-electron chi connectivity index (χ4n) is 2.83. The summed E-state index contributed by atoms with van der Waals surface area (Å²) in [6.07, 6.45) is 4.43. The van der Waals surface area contributed by atoms with Gasteiger partial charge in [0.15, 0.2) is 17.4 Å². The van der Waals surface area contributed by atoms with Crippen molar-refractivity contribution in [2.24, 2.45) is 5.92 Å². The molecule has 0 heterocycles. The van der Waals surface area contributed by atoms with E-state index in [-0.39, 0.29) is 24.2 Å². The zero-order valence-corrected chi connectivity index (χ0v) is 12.9. The molecular formula is C16H22F2N2O2. The maximum atomic E-state index is 13.6. The molecule has 0 unspecified atom stereocenters. The van der Waals surface area contributed by atoms with Crippen LogP contribution in [-0.4, -0.2) is 25.6 Å². The highest BCUT2D eigenvalue weighted by atomic mass is 19.1. The first-order chi connectivity index (χ1) is 10.5. The topological polar surface area (TPSA) is 50.4 Å². The molecule has 0 spiro atoms. The van der Waals surface area contributed by atoms with Gasteiger partial charge in [-0.1, -0.05) is 19.8 Å². The predicted octanol–water partition coefficient (Wildman–Crippen LogP) is 3.08. The van der Waals surface area contributed by atoms with E-state index < -0.39 is 17.4 Å². The van der Waals surface area contributed by atoms with Crippen LogP contribution in [-0.2, 0) is 4.79 Å². The lowest BCUT2D eigenvalue weighted by Gasteiger charge is -2.29. The Bertz CT molecular complexity index is 514. The van der Waals surface area contributed by atoms with Crippen LogP contribution in [0.3, 0.4) is 0 Å². The second-order valence-electron chi connectivity index (χ2n) is 5.76. The molecule has 1 aliphatic rings. The van der Waals surface area contributed by atoms with Gasteiger partial charge in [-0.15, -0.1) is 0 Å². The van der Waals surface area contributed by atoms with Crippen LogP contribution in [0.5, 0.6) is 5.75 Å². The molecule has 1 aliphatic carbocycles. The quantitative estimate of drug-likeness (QED) is 0.878. The van der Waals surface area contributed by atoms with Crippen molar-refractivity contribution < 1.29 is 18.3 Å². The molecular weight excluding hydrogens is 290 g/mol. The third kappa shape index (κ3) is 4.08. The van der Waals surface area contributed by atoms with E-state index in [4.69, 9.17) is 0 Å². The molecule has 122 valence electrons. The van der Waals surface area contributed by atoms with Crippen molar-refractivity contribution in [1.29, 1.82) is 0 Å². The maximum absolute atomic E-state index is 13.6. The van der Waals surface area contributed by atoms with Crippen molar-refractivity contribution >= 4 is 11.6 Å². The second-order valence-corrected chi connectivity index (χ2v) is 5.76. The molecule has 1 aromatic rings. The second kappa shape index (κ2) is 7.42. The fraction of sp³-hybridized carbons (Fsp3) is 0.562. The van der Waals surface area contributed by atoms with E-state index in [1.54, 1.807) is 0 Å². The molecule has 1 amide bonds. The van der Waals surface area contributed by atoms with E-state index in [0.717, 1.165) is 31.4 Å². The van der Waals surface area contributed by atoms with Crippen molar-refractivity contribution in [1.82, 2.24) is 5.32 Å². The third-order valence-corrected chi connectivity index (χ3v) is 4.11. The Labute approximate surface area is 129 Å². The lowest BCUT2D eigenvalue weighted by Crippen LogP contribution is -2.43. The minimum Gasteiger partial charge on any atom is -0.491 e. The lowest BCUT2D eigenvalue weighted by atomic mass is 9.86. The first kappa shape index (κ1) is 16.5. The summed E-state index contributed by atoms with van der Waals surface area (Å²) in [4.78, 5) is 11.9. The van der Waals surface area contributed by atoms with Gasteiger partial charge in [0.2, 0.25) is 5.91 Å². The van der Waals surface area contributed by atoms with Gasteiger partial charge < -0.3 is 15.4 Å². The van der Waals surface area contributed by atoms with Gasteiger partial charge in [0, 0.05) is 23.9 Å². The Morgan fingerprint density at radius 1 is 1.27 bits per heavy atom. The predicted molar refractivity (Wildman–Crippen MR) is 81.0 cm³/mol. The highest BCUT2D eigenvalue weighted by Crippen LogP contribution is 2.25. The first-order valence-electron chi connectivity index (χ1n) is 7.57. The van der Waals surface area contributed by atoms with Crippen LogP contribution in [0.2, 0.25) is 0 Å². The molecule has 6 heteroatoms. The van der Waals surface area contributed by atoms with Crippen molar-refractivity contribution in [3.63, 3.8) is 0 Å². The summed E-state index contributed by atoms with van der Waals surface area (Å²) >= 11 is 0. The number of halogens is 2. The number of rotatable bonds is 5. The number of ether oxygens (including phenoxy) is 1. The number of carbonyl (C=O) groups excluding carboxylic acids is 1. The molecule has 1 fully saturated rings. The van der Waals surface area contributed by atoms with Gasteiger partial charge in [-0.2, -0.15) is 0 Å². The number of carbonyl (C=O) groups is 1. The van der Waals surface area contributed by atoms with E-state index >= 15 is 0 Å². The Morgan fingerprint density at radius 2 is 1.91 bits per heavy atom.